The second-order valence-corrected chi connectivity index (χ2v) is 5.32. The number of methoxy groups -OCH3 is 1. The fourth-order valence-electron chi connectivity index (χ4n) is 2.51. The lowest BCUT2D eigenvalue weighted by atomic mass is 10.1. The van der Waals surface area contributed by atoms with Crippen molar-refractivity contribution in [3.05, 3.63) is 29.8 Å². The summed E-state index contributed by atoms with van der Waals surface area (Å²) >= 11 is 0. The van der Waals surface area contributed by atoms with Crippen molar-refractivity contribution >= 4 is 5.91 Å². The van der Waals surface area contributed by atoms with Crippen molar-refractivity contribution in [3.63, 3.8) is 0 Å². The fraction of sp³-hybridized carbons (Fsp3) is 0.562. The molecule has 0 saturated carbocycles. The van der Waals surface area contributed by atoms with Crippen LogP contribution in [0.2, 0.25) is 0 Å². The Morgan fingerprint density at radius 2 is 2.05 bits per heavy atom. The van der Waals surface area contributed by atoms with Gasteiger partial charge in [0.2, 0.25) is 5.91 Å². The summed E-state index contributed by atoms with van der Waals surface area (Å²) < 4.78 is 10.5. The number of hydrogen-bond acceptors (Lipinski definition) is 4. The van der Waals surface area contributed by atoms with E-state index in [2.05, 4.69) is 12.2 Å². The van der Waals surface area contributed by atoms with Crippen LogP contribution in [0, 0.1) is 0 Å². The van der Waals surface area contributed by atoms with E-state index < -0.39 is 0 Å². The van der Waals surface area contributed by atoms with E-state index in [0.29, 0.717) is 26.3 Å². The van der Waals surface area contributed by atoms with Crippen LogP contribution >= 0.6 is 0 Å². The number of carbonyl (C=O) groups is 1. The quantitative estimate of drug-likeness (QED) is 0.895. The van der Waals surface area contributed by atoms with Crippen molar-refractivity contribution in [2.75, 3.05) is 33.4 Å². The number of amides is 1. The van der Waals surface area contributed by atoms with Crippen LogP contribution in [-0.4, -0.2) is 50.3 Å². The number of nitrogens with zero attached hydrogens (tertiary/aromatic N) is 1. The van der Waals surface area contributed by atoms with Gasteiger partial charge in [0.05, 0.1) is 26.4 Å². The minimum atomic E-state index is -0.218. The van der Waals surface area contributed by atoms with Gasteiger partial charge < -0.3 is 14.4 Å². The van der Waals surface area contributed by atoms with Crippen molar-refractivity contribution in [3.8, 4) is 5.75 Å². The van der Waals surface area contributed by atoms with Crippen molar-refractivity contribution in [1.29, 1.82) is 0 Å². The van der Waals surface area contributed by atoms with Crippen LogP contribution in [0.15, 0.2) is 24.3 Å². The molecule has 5 heteroatoms. The Balaban J connectivity index is 1.94. The summed E-state index contributed by atoms with van der Waals surface area (Å²) in [5.74, 6) is 0.960. The first-order chi connectivity index (χ1) is 10.1. The molecule has 1 aliphatic heterocycles. The zero-order chi connectivity index (χ0) is 15.2. The molecule has 1 aliphatic rings. The van der Waals surface area contributed by atoms with Crippen molar-refractivity contribution in [2.45, 2.75) is 25.9 Å². The minimum Gasteiger partial charge on any atom is -0.497 e. The summed E-state index contributed by atoms with van der Waals surface area (Å²) in [5, 5.41) is 3.36. The van der Waals surface area contributed by atoms with E-state index in [9.17, 15) is 4.79 Å². The van der Waals surface area contributed by atoms with Gasteiger partial charge in [0.1, 0.15) is 5.75 Å². The molecule has 2 rings (SSSR count). The highest BCUT2D eigenvalue weighted by Gasteiger charge is 2.23. The van der Waals surface area contributed by atoms with Gasteiger partial charge in [-0.3, -0.25) is 10.1 Å². The summed E-state index contributed by atoms with van der Waals surface area (Å²) in [6.45, 7) is 6.58. The molecule has 1 fully saturated rings. The number of ether oxygens (including phenoxy) is 2. The molecule has 1 heterocycles. The number of hydrogen-bond donors (Lipinski definition) is 1. The number of nitrogens with one attached hydrogen (secondary N) is 1. The predicted octanol–water partition coefficient (Wildman–Crippen LogP) is 1.59. The van der Waals surface area contributed by atoms with Gasteiger partial charge in [0.25, 0.3) is 0 Å². The molecule has 2 atom stereocenters. The third-order valence-corrected chi connectivity index (χ3v) is 3.79. The summed E-state index contributed by atoms with van der Waals surface area (Å²) in [6.07, 6.45) is 0. The molecule has 21 heavy (non-hydrogen) atoms. The van der Waals surface area contributed by atoms with Gasteiger partial charge in [0.15, 0.2) is 0 Å². The number of carbonyl (C=O) groups excluding carboxylic acids is 1. The minimum absolute atomic E-state index is 0.0834. The number of benzene rings is 1. The summed E-state index contributed by atoms with van der Waals surface area (Å²) in [7, 11) is 1.65. The maximum absolute atomic E-state index is 12.4. The third-order valence-electron chi connectivity index (χ3n) is 3.79. The van der Waals surface area contributed by atoms with Gasteiger partial charge in [-0.2, -0.15) is 0 Å². The van der Waals surface area contributed by atoms with Crippen molar-refractivity contribution < 1.29 is 14.3 Å². The standard InChI is InChI=1S/C16H24N2O3/c1-12(14-5-4-6-15(11-14)20-3)17-13(2)16(19)18-7-9-21-10-8-18/h4-6,11-13,17H,7-10H2,1-3H3/t12-,13?/m1/s1. The third kappa shape index (κ3) is 4.19. The normalized spacial score (nSPS) is 18.1. The topological polar surface area (TPSA) is 50.8 Å². The van der Waals surface area contributed by atoms with Crippen LogP contribution in [0.4, 0.5) is 0 Å². The molecule has 1 aromatic carbocycles. The van der Waals surface area contributed by atoms with E-state index in [1.807, 2.05) is 36.1 Å². The lowest BCUT2D eigenvalue weighted by Crippen LogP contribution is -2.49. The highest BCUT2D eigenvalue weighted by atomic mass is 16.5. The van der Waals surface area contributed by atoms with Gasteiger partial charge in [-0.05, 0) is 31.5 Å². The highest BCUT2D eigenvalue weighted by molar-refractivity contribution is 5.81. The average Bonchev–Trinajstić information content (AvgIpc) is 2.54. The molecule has 5 nitrogen and oxygen atoms in total. The lowest BCUT2D eigenvalue weighted by molar-refractivity contribution is -0.137. The van der Waals surface area contributed by atoms with Gasteiger partial charge in [0, 0.05) is 19.1 Å². The lowest BCUT2D eigenvalue weighted by Gasteiger charge is -2.30. The summed E-state index contributed by atoms with van der Waals surface area (Å²) in [6, 6.07) is 7.76. The molecule has 1 amide bonds. The van der Waals surface area contributed by atoms with Crippen LogP contribution in [0.25, 0.3) is 0 Å². The van der Waals surface area contributed by atoms with E-state index >= 15 is 0 Å². The average molecular weight is 292 g/mol. The Labute approximate surface area is 126 Å². The van der Waals surface area contributed by atoms with E-state index in [4.69, 9.17) is 9.47 Å². The maximum atomic E-state index is 12.4. The molecule has 1 N–H and O–H groups in total. The largest absolute Gasteiger partial charge is 0.497 e. The monoisotopic (exact) mass is 292 g/mol. The molecule has 0 bridgehead atoms. The van der Waals surface area contributed by atoms with Crippen LogP contribution in [0.5, 0.6) is 5.75 Å². The van der Waals surface area contributed by atoms with Crippen molar-refractivity contribution in [1.82, 2.24) is 10.2 Å². The van der Waals surface area contributed by atoms with E-state index in [1.54, 1.807) is 7.11 Å². The number of rotatable bonds is 5. The first-order valence-corrected chi connectivity index (χ1v) is 7.38. The Bertz CT molecular complexity index is 472. The summed E-state index contributed by atoms with van der Waals surface area (Å²) in [5.41, 5.74) is 1.11. The molecule has 1 saturated heterocycles. The van der Waals surface area contributed by atoms with E-state index in [1.165, 1.54) is 0 Å². The Hall–Kier alpha value is -1.59. The van der Waals surface area contributed by atoms with Gasteiger partial charge in [-0.1, -0.05) is 12.1 Å². The number of morpholine rings is 1. The molecule has 0 radical (unpaired) electrons. The zero-order valence-electron chi connectivity index (χ0n) is 13.0. The summed E-state index contributed by atoms with van der Waals surface area (Å²) in [4.78, 5) is 14.2. The molecular formula is C16H24N2O3. The first-order valence-electron chi connectivity index (χ1n) is 7.38. The first kappa shape index (κ1) is 15.8. The smallest absolute Gasteiger partial charge is 0.239 e. The van der Waals surface area contributed by atoms with Crippen LogP contribution in [0.1, 0.15) is 25.5 Å². The van der Waals surface area contributed by atoms with Gasteiger partial charge >= 0.3 is 0 Å². The van der Waals surface area contributed by atoms with E-state index in [-0.39, 0.29) is 18.0 Å². The molecular weight excluding hydrogens is 268 g/mol. The second kappa shape index (κ2) is 7.43. The second-order valence-electron chi connectivity index (χ2n) is 5.32. The Morgan fingerprint density at radius 3 is 2.71 bits per heavy atom. The van der Waals surface area contributed by atoms with E-state index in [0.717, 1.165) is 11.3 Å². The molecule has 0 aliphatic carbocycles. The maximum Gasteiger partial charge on any atom is 0.239 e. The molecule has 1 aromatic rings. The SMILES string of the molecule is COc1cccc([C@@H](C)NC(C)C(=O)N2CCOCC2)c1. The highest BCUT2D eigenvalue weighted by Crippen LogP contribution is 2.19. The molecule has 1 unspecified atom stereocenters. The van der Waals surface area contributed by atoms with Crippen LogP contribution < -0.4 is 10.1 Å². The molecule has 0 spiro atoms. The van der Waals surface area contributed by atoms with Crippen molar-refractivity contribution in [2.24, 2.45) is 0 Å². The molecule has 0 aromatic heterocycles. The van der Waals surface area contributed by atoms with Gasteiger partial charge in [-0.25, -0.2) is 0 Å². The zero-order valence-corrected chi connectivity index (χ0v) is 13.0. The Morgan fingerprint density at radius 1 is 1.33 bits per heavy atom. The molecule has 116 valence electrons. The van der Waals surface area contributed by atoms with Crippen LogP contribution in [0.3, 0.4) is 0 Å². The predicted molar refractivity (Wildman–Crippen MR) is 81.4 cm³/mol. The Kier molecular flexibility index (Phi) is 5.59. The van der Waals surface area contributed by atoms with Gasteiger partial charge in [-0.15, -0.1) is 0 Å². The van der Waals surface area contributed by atoms with Crippen LogP contribution in [-0.2, 0) is 9.53 Å². The fourth-order valence-corrected chi connectivity index (χ4v) is 2.51.